The van der Waals surface area contributed by atoms with Crippen molar-refractivity contribution in [1.29, 1.82) is 0 Å². The highest BCUT2D eigenvalue weighted by atomic mass is 16.5. The molecule has 1 aromatic heterocycles. The number of carbonyl (C=O) groups is 3. The second-order valence-corrected chi connectivity index (χ2v) is 7.74. The molecule has 0 saturated heterocycles. The molecule has 7 nitrogen and oxygen atoms in total. The van der Waals surface area contributed by atoms with Gasteiger partial charge in [0.25, 0.3) is 0 Å². The predicted octanol–water partition coefficient (Wildman–Crippen LogP) is 3.53. The summed E-state index contributed by atoms with van der Waals surface area (Å²) in [4.78, 5) is 40.1. The maximum Gasteiger partial charge on any atom is 0.328 e. The second kappa shape index (κ2) is 11.1. The number of H-pyrrole nitrogens is 1. The molecule has 0 saturated carbocycles. The lowest BCUT2D eigenvalue weighted by atomic mass is 10.0. The molecule has 168 valence electrons. The van der Waals surface area contributed by atoms with Gasteiger partial charge in [0.05, 0.1) is 13.0 Å². The first-order valence-corrected chi connectivity index (χ1v) is 10.6. The molecule has 0 fully saturated rings. The molecule has 0 aliphatic carbocycles. The van der Waals surface area contributed by atoms with E-state index in [4.69, 9.17) is 9.47 Å². The van der Waals surface area contributed by atoms with Gasteiger partial charge >= 0.3 is 11.9 Å². The number of rotatable bonds is 10. The van der Waals surface area contributed by atoms with Crippen molar-refractivity contribution in [3.8, 4) is 0 Å². The number of esters is 2. The van der Waals surface area contributed by atoms with Gasteiger partial charge in [0.1, 0.15) is 12.6 Å². The van der Waals surface area contributed by atoms with E-state index in [2.05, 4.69) is 10.3 Å². The minimum absolute atomic E-state index is 0.100. The number of aromatic amines is 1. The first kappa shape index (κ1) is 23.1. The van der Waals surface area contributed by atoms with Crippen LogP contribution >= 0.6 is 0 Å². The number of amides is 1. The van der Waals surface area contributed by atoms with Gasteiger partial charge in [-0.2, -0.15) is 0 Å². The number of benzene rings is 2. The molecule has 0 aliphatic rings. The van der Waals surface area contributed by atoms with Crippen LogP contribution in [0, 0.1) is 5.92 Å². The highest BCUT2D eigenvalue weighted by Crippen LogP contribution is 2.19. The van der Waals surface area contributed by atoms with Crippen molar-refractivity contribution in [3.05, 3.63) is 71.9 Å². The number of methoxy groups -OCH3 is 1. The molecule has 2 aromatic carbocycles. The third-order valence-corrected chi connectivity index (χ3v) is 5.35. The molecule has 7 heteroatoms. The SMILES string of the molecule is COC(=O)C(Cc1c[nH]c2ccccc12)NC(=O)CCC(C)C(=O)OCc1ccccc1. The van der Waals surface area contributed by atoms with Crippen LogP contribution in [0.3, 0.4) is 0 Å². The van der Waals surface area contributed by atoms with Crippen LogP contribution in [0.1, 0.15) is 30.9 Å². The fraction of sp³-hybridized carbons (Fsp3) is 0.320. The Bertz CT molecular complexity index is 1060. The van der Waals surface area contributed by atoms with Crippen LogP contribution in [0.2, 0.25) is 0 Å². The summed E-state index contributed by atoms with van der Waals surface area (Å²) in [7, 11) is 1.29. The standard InChI is InChI=1S/C25H28N2O5/c1-17(24(29)32-16-18-8-4-3-5-9-18)12-13-23(28)27-22(25(30)31-2)14-19-15-26-21-11-7-6-10-20(19)21/h3-11,15,17,22,26H,12-14,16H2,1-2H3,(H,27,28). The van der Waals surface area contributed by atoms with Crippen molar-refractivity contribution >= 4 is 28.7 Å². The van der Waals surface area contributed by atoms with Crippen LogP contribution in [0.15, 0.2) is 60.8 Å². The molecular formula is C25H28N2O5. The number of hydrogen-bond acceptors (Lipinski definition) is 5. The van der Waals surface area contributed by atoms with Crippen molar-refractivity contribution in [3.63, 3.8) is 0 Å². The smallest absolute Gasteiger partial charge is 0.328 e. The van der Waals surface area contributed by atoms with E-state index >= 15 is 0 Å². The summed E-state index contributed by atoms with van der Waals surface area (Å²) in [5.41, 5.74) is 2.78. The molecule has 0 bridgehead atoms. The summed E-state index contributed by atoms with van der Waals surface area (Å²) in [6, 6.07) is 16.4. The number of aromatic nitrogens is 1. The molecule has 2 unspecified atom stereocenters. The van der Waals surface area contributed by atoms with Gasteiger partial charge in [0, 0.05) is 29.9 Å². The van der Waals surface area contributed by atoms with E-state index < -0.39 is 17.9 Å². The number of nitrogens with one attached hydrogen (secondary N) is 2. The number of hydrogen-bond donors (Lipinski definition) is 2. The van der Waals surface area contributed by atoms with Crippen LogP contribution in [-0.2, 0) is 36.9 Å². The molecular weight excluding hydrogens is 408 g/mol. The van der Waals surface area contributed by atoms with Gasteiger partial charge < -0.3 is 19.8 Å². The van der Waals surface area contributed by atoms with Crippen molar-refractivity contribution in [2.75, 3.05) is 7.11 Å². The molecule has 3 aromatic rings. The Labute approximate surface area is 187 Å². The first-order valence-electron chi connectivity index (χ1n) is 10.6. The fourth-order valence-electron chi connectivity index (χ4n) is 3.46. The minimum Gasteiger partial charge on any atom is -0.467 e. The fourth-order valence-corrected chi connectivity index (χ4v) is 3.46. The van der Waals surface area contributed by atoms with Crippen LogP contribution < -0.4 is 5.32 Å². The predicted molar refractivity (Wildman–Crippen MR) is 121 cm³/mol. The Morgan fingerprint density at radius 3 is 2.47 bits per heavy atom. The quantitative estimate of drug-likeness (QED) is 0.474. The summed E-state index contributed by atoms with van der Waals surface area (Å²) in [6.45, 7) is 1.93. The van der Waals surface area contributed by atoms with Crippen LogP contribution in [0.25, 0.3) is 10.9 Å². The Hall–Kier alpha value is -3.61. The molecule has 2 atom stereocenters. The van der Waals surface area contributed by atoms with E-state index in [-0.39, 0.29) is 24.9 Å². The summed E-state index contributed by atoms with van der Waals surface area (Å²) >= 11 is 0. The first-order chi connectivity index (χ1) is 15.5. The molecule has 0 aliphatic heterocycles. The summed E-state index contributed by atoms with van der Waals surface area (Å²) in [5, 5.41) is 3.73. The van der Waals surface area contributed by atoms with Crippen molar-refractivity contribution in [2.45, 2.75) is 38.8 Å². The number of fused-ring (bicyclic) bond motifs is 1. The molecule has 1 amide bonds. The van der Waals surface area contributed by atoms with Gasteiger partial charge in [-0.05, 0) is 23.6 Å². The highest BCUT2D eigenvalue weighted by Gasteiger charge is 2.24. The van der Waals surface area contributed by atoms with Gasteiger partial charge in [-0.25, -0.2) is 4.79 Å². The lowest BCUT2D eigenvalue weighted by Crippen LogP contribution is -2.43. The highest BCUT2D eigenvalue weighted by molar-refractivity contribution is 5.87. The van der Waals surface area contributed by atoms with Crippen LogP contribution in [-0.4, -0.2) is 36.0 Å². The Kier molecular flexibility index (Phi) is 8.02. The lowest BCUT2D eigenvalue weighted by molar-refractivity contribution is -0.150. The Morgan fingerprint density at radius 2 is 1.72 bits per heavy atom. The largest absolute Gasteiger partial charge is 0.467 e. The minimum atomic E-state index is -0.813. The van der Waals surface area contributed by atoms with E-state index in [1.54, 1.807) is 6.92 Å². The Balaban J connectivity index is 1.51. The zero-order chi connectivity index (χ0) is 22.9. The van der Waals surface area contributed by atoms with Gasteiger partial charge in [0.2, 0.25) is 5.91 Å². The van der Waals surface area contributed by atoms with Crippen molar-refractivity contribution in [1.82, 2.24) is 10.3 Å². The third-order valence-electron chi connectivity index (χ3n) is 5.35. The monoisotopic (exact) mass is 436 g/mol. The molecule has 32 heavy (non-hydrogen) atoms. The van der Waals surface area contributed by atoms with Gasteiger partial charge in [-0.1, -0.05) is 55.5 Å². The molecule has 0 radical (unpaired) electrons. The maximum absolute atomic E-state index is 12.5. The summed E-state index contributed by atoms with van der Waals surface area (Å²) in [5.74, 6) is -1.62. The molecule has 0 spiro atoms. The Morgan fingerprint density at radius 1 is 1.00 bits per heavy atom. The van der Waals surface area contributed by atoms with Crippen molar-refractivity contribution < 1.29 is 23.9 Å². The number of ether oxygens (including phenoxy) is 2. The zero-order valence-corrected chi connectivity index (χ0v) is 18.3. The lowest BCUT2D eigenvalue weighted by Gasteiger charge is -2.17. The normalized spacial score (nSPS) is 12.7. The molecule has 3 rings (SSSR count). The van der Waals surface area contributed by atoms with Gasteiger partial charge in [-0.15, -0.1) is 0 Å². The van der Waals surface area contributed by atoms with Gasteiger partial charge in [-0.3, -0.25) is 9.59 Å². The van der Waals surface area contributed by atoms with E-state index in [9.17, 15) is 14.4 Å². The second-order valence-electron chi connectivity index (χ2n) is 7.74. The number of para-hydroxylation sites is 1. The summed E-state index contributed by atoms with van der Waals surface area (Å²) < 4.78 is 10.2. The topological polar surface area (TPSA) is 97.5 Å². The van der Waals surface area contributed by atoms with E-state index in [1.165, 1.54) is 7.11 Å². The summed E-state index contributed by atoms with van der Waals surface area (Å²) in [6.07, 6.45) is 2.55. The average Bonchev–Trinajstić information content (AvgIpc) is 3.23. The molecule has 2 N–H and O–H groups in total. The number of carbonyl (C=O) groups excluding carboxylic acids is 3. The average molecular weight is 437 g/mol. The van der Waals surface area contributed by atoms with Crippen LogP contribution in [0.5, 0.6) is 0 Å². The van der Waals surface area contributed by atoms with E-state index in [0.29, 0.717) is 12.8 Å². The zero-order valence-electron chi connectivity index (χ0n) is 18.3. The van der Waals surface area contributed by atoms with Crippen molar-refractivity contribution in [2.24, 2.45) is 5.92 Å². The van der Waals surface area contributed by atoms with Gasteiger partial charge in [0.15, 0.2) is 0 Å². The third kappa shape index (κ3) is 6.20. The molecule has 1 heterocycles. The van der Waals surface area contributed by atoms with E-state index in [1.807, 2.05) is 60.8 Å². The van der Waals surface area contributed by atoms with Crippen LogP contribution in [0.4, 0.5) is 0 Å². The van der Waals surface area contributed by atoms with E-state index in [0.717, 1.165) is 22.0 Å². The maximum atomic E-state index is 12.5.